The van der Waals surface area contributed by atoms with Crippen LogP contribution in [-0.2, 0) is 4.74 Å². The van der Waals surface area contributed by atoms with Gasteiger partial charge in [-0.25, -0.2) is 0 Å². The molecule has 2 nitrogen and oxygen atoms in total. The van der Waals surface area contributed by atoms with Gasteiger partial charge in [-0.05, 0) is 50.8 Å². The smallest absolute Gasteiger partial charge is 0.0576 e. The summed E-state index contributed by atoms with van der Waals surface area (Å²) < 4.78 is 6.81. The number of nitrogens with one attached hydrogen (secondary N) is 1. The SMILES string of the molecule is C[C@H](NCCCC1CCCO1)c1ccccc1Br. The Morgan fingerprint density at radius 2 is 2.28 bits per heavy atom. The third kappa shape index (κ3) is 4.08. The van der Waals surface area contributed by atoms with Crippen LogP contribution in [0.15, 0.2) is 28.7 Å². The van der Waals surface area contributed by atoms with E-state index < -0.39 is 0 Å². The Morgan fingerprint density at radius 3 is 3.00 bits per heavy atom. The van der Waals surface area contributed by atoms with E-state index in [1.54, 1.807) is 0 Å². The first-order chi connectivity index (χ1) is 8.77. The van der Waals surface area contributed by atoms with Crippen molar-refractivity contribution in [1.29, 1.82) is 0 Å². The van der Waals surface area contributed by atoms with Crippen LogP contribution in [0.1, 0.15) is 44.2 Å². The third-order valence-electron chi connectivity index (χ3n) is 3.55. The van der Waals surface area contributed by atoms with Gasteiger partial charge in [0.1, 0.15) is 0 Å². The zero-order valence-electron chi connectivity index (χ0n) is 11.0. The van der Waals surface area contributed by atoms with E-state index in [1.165, 1.54) is 35.7 Å². The Balaban J connectivity index is 1.68. The van der Waals surface area contributed by atoms with E-state index in [0.29, 0.717) is 12.1 Å². The van der Waals surface area contributed by atoms with Gasteiger partial charge in [0, 0.05) is 17.1 Å². The summed E-state index contributed by atoms with van der Waals surface area (Å²) in [5.74, 6) is 0. The minimum absolute atomic E-state index is 0.394. The van der Waals surface area contributed by atoms with Gasteiger partial charge in [0.2, 0.25) is 0 Å². The Morgan fingerprint density at radius 1 is 1.44 bits per heavy atom. The molecule has 1 unspecified atom stereocenters. The zero-order chi connectivity index (χ0) is 12.8. The highest BCUT2D eigenvalue weighted by atomic mass is 79.9. The summed E-state index contributed by atoms with van der Waals surface area (Å²) >= 11 is 3.60. The lowest BCUT2D eigenvalue weighted by molar-refractivity contribution is 0.102. The fourth-order valence-electron chi connectivity index (χ4n) is 2.46. The van der Waals surface area contributed by atoms with Crippen LogP contribution in [0.4, 0.5) is 0 Å². The first-order valence-corrected chi connectivity index (χ1v) is 7.66. The van der Waals surface area contributed by atoms with Crippen molar-refractivity contribution in [3.05, 3.63) is 34.3 Å². The predicted molar refractivity (Wildman–Crippen MR) is 78.8 cm³/mol. The maximum Gasteiger partial charge on any atom is 0.0576 e. The van der Waals surface area contributed by atoms with Crippen molar-refractivity contribution in [3.8, 4) is 0 Å². The van der Waals surface area contributed by atoms with Crippen molar-refractivity contribution in [3.63, 3.8) is 0 Å². The molecule has 3 heteroatoms. The van der Waals surface area contributed by atoms with Crippen molar-refractivity contribution >= 4 is 15.9 Å². The second-order valence-corrected chi connectivity index (χ2v) is 5.83. The number of hydrogen-bond acceptors (Lipinski definition) is 2. The molecule has 2 atom stereocenters. The Bertz CT molecular complexity index is 363. The third-order valence-corrected chi connectivity index (χ3v) is 4.27. The van der Waals surface area contributed by atoms with Crippen LogP contribution in [0, 0.1) is 0 Å². The first-order valence-electron chi connectivity index (χ1n) is 6.87. The maximum atomic E-state index is 5.63. The summed E-state index contributed by atoms with van der Waals surface area (Å²) in [4.78, 5) is 0. The number of halogens is 1. The molecule has 0 saturated carbocycles. The predicted octanol–water partition coefficient (Wildman–Crippen LogP) is 4.06. The van der Waals surface area contributed by atoms with Gasteiger partial charge < -0.3 is 10.1 Å². The molecule has 0 radical (unpaired) electrons. The molecule has 1 saturated heterocycles. The molecule has 0 amide bonds. The average molecular weight is 312 g/mol. The fourth-order valence-corrected chi connectivity index (χ4v) is 3.08. The molecular formula is C15H22BrNO. The van der Waals surface area contributed by atoms with Crippen molar-refractivity contribution in [2.75, 3.05) is 13.2 Å². The topological polar surface area (TPSA) is 21.3 Å². The molecule has 1 aromatic carbocycles. The van der Waals surface area contributed by atoms with E-state index in [2.05, 4.69) is 52.4 Å². The van der Waals surface area contributed by atoms with E-state index in [4.69, 9.17) is 4.74 Å². The molecule has 1 aromatic rings. The van der Waals surface area contributed by atoms with Gasteiger partial charge in [0.25, 0.3) is 0 Å². The van der Waals surface area contributed by atoms with Gasteiger partial charge in [0.05, 0.1) is 6.10 Å². The summed E-state index contributed by atoms with van der Waals surface area (Å²) in [6.07, 6.45) is 5.39. The molecule has 0 bridgehead atoms. The number of ether oxygens (including phenoxy) is 1. The first kappa shape index (κ1) is 14.0. The van der Waals surface area contributed by atoms with Crippen LogP contribution in [0.2, 0.25) is 0 Å². The molecule has 1 aliphatic heterocycles. The zero-order valence-corrected chi connectivity index (χ0v) is 12.6. The molecule has 0 aliphatic carbocycles. The molecule has 2 rings (SSSR count). The minimum Gasteiger partial charge on any atom is -0.378 e. The molecule has 1 aliphatic rings. The molecule has 18 heavy (non-hydrogen) atoms. The summed E-state index contributed by atoms with van der Waals surface area (Å²) in [6.45, 7) is 4.24. The summed E-state index contributed by atoms with van der Waals surface area (Å²) in [7, 11) is 0. The molecule has 1 fully saturated rings. The second-order valence-electron chi connectivity index (χ2n) is 4.97. The van der Waals surface area contributed by atoms with Crippen molar-refractivity contribution in [2.45, 2.75) is 44.8 Å². The maximum absolute atomic E-state index is 5.63. The van der Waals surface area contributed by atoms with Crippen LogP contribution in [0.3, 0.4) is 0 Å². The molecular weight excluding hydrogens is 290 g/mol. The number of hydrogen-bond donors (Lipinski definition) is 1. The van der Waals surface area contributed by atoms with Crippen LogP contribution in [0.25, 0.3) is 0 Å². The lowest BCUT2D eigenvalue weighted by Crippen LogP contribution is -2.21. The van der Waals surface area contributed by atoms with Crippen molar-refractivity contribution < 1.29 is 4.74 Å². The van der Waals surface area contributed by atoms with Crippen LogP contribution in [0.5, 0.6) is 0 Å². The van der Waals surface area contributed by atoms with Gasteiger partial charge >= 0.3 is 0 Å². The van der Waals surface area contributed by atoms with E-state index in [1.807, 2.05) is 0 Å². The summed E-state index contributed by atoms with van der Waals surface area (Å²) in [5, 5.41) is 3.58. The van der Waals surface area contributed by atoms with E-state index >= 15 is 0 Å². The van der Waals surface area contributed by atoms with Gasteiger partial charge in [-0.1, -0.05) is 34.1 Å². The van der Waals surface area contributed by atoms with Gasteiger partial charge in [-0.3, -0.25) is 0 Å². The lowest BCUT2D eigenvalue weighted by atomic mass is 10.1. The quantitative estimate of drug-likeness (QED) is 0.800. The van der Waals surface area contributed by atoms with Crippen LogP contribution in [-0.4, -0.2) is 19.3 Å². The number of rotatable bonds is 6. The Kier molecular flexibility index (Phi) is 5.67. The molecule has 0 aromatic heterocycles. The van der Waals surface area contributed by atoms with E-state index in [-0.39, 0.29) is 0 Å². The standard InChI is InChI=1S/C15H22BrNO/c1-12(14-8-2-3-9-15(14)16)17-10-4-6-13-7-5-11-18-13/h2-3,8-9,12-13,17H,4-7,10-11H2,1H3/t12-,13?/m0/s1. The highest BCUT2D eigenvalue weighted by Gasteiger charge is 2.14. The van der Waals surface area contributed by atoms with Crippen molar-refractivity contribution in [1.82, 2.24) is 5.32 Å². The fraction of sp³-hybridized carbons (Fsp3) is 0.600. The molecule has 100 valence electrons. The second kappa shape index (κ2) is 7.27. The van der Waals surface area contributed by atoms with E-state index in [9.17, 15) is 0 Å². The molecule has 1 heterocycles. The summed E-state index contributed by atoms with van der Waals surface area (Å²) in [5.41, 5.74) is 1.33. The van der Waals surface area contributed by atoms with Gasteiger partial charge in [-0.2, -0.15) is 0 Å². The lowest BCUT2D eigenvalue weighted by Gasteiger charge is -2.16. The van der Waals surface area contributed by atoms with Crippen LogP contribution < -0.4 is 5.32 Å². The highest BCUT2D eigenvalue weighted by Crippen LogP contribution is 2.23. The molecule has 1 N–H and O–H groups in total. The van der Waals surface area contributed by atoms with Crippen molar-refractivity contribution in [2.24, 2.45) is 0 Å². The Hall–Kier alpha value is -0.380. The van der Waals surface area contributed by atoms with Crippen LogP contribution >= 0.6 is 15.9 Å². The molecule has 0 spiro atoms. The Labute approximate surface area is 118 Å². The minimum atomic E-state index is 0.394. The average Bonchev–Trinajstić information content (AvgIpc) is 2.88. The highest BCUT2D eigenvalue weighted by molar-refractivity contribution is 9.10. The number of benzene rings is 1. The largest absolute Gasteiger partial charge is 0.378 e. The summed E-state index contributed by atoms with van der Waals surface area (Å²) in [6, 6.07) is 8.80. The van der Waals surface area contributed by atoms with Gasteiger partial charge in [0.15, 0.2) is 0 Å². The monoisotopic (exact) mass is 311 g/mol. The van der Waals surface area contributed by atoms with Gasteiger partial charge in [-0.15, -0.1) is 0 Å². The normalized spacial score (nSPS) is 21.1. The van der Waals surface area contributed by atoms with E-state index in [0.717, 1.165) is 13.2 Å².